The molecule has 0 saturated carbocycles. The van der Waals surface area contributed by atoms with Gasteiger partial charge in [-0.05, 0) is 64.6 Å². The molecular weight excluding hydrogens is 232 g/mol. The quantitative estimate of drug-likeness (QED) is 0.781. The van der Waals surface area contributed by atoms with E-state index in [1.807, 2.05) is 0 Å². The predicted octanol–water partition coefficient (Wildman–Crippen LogP) is 4.06. The third-order valence-corrected chi connectivity index (χ3v) is 4.66. The zero-order valence-electron chi connectivity index (χ0n) is 14.2. The van der Waals surface area contributed by atoms with Crippen molar-refractivity contribution in [2.75, 3.05) is 19.6 Å². The smallest absolute Gasteiger partial charge is 0.0306 e. The molecule has 0 aliphatic carbocycles. The molecule has 1 atom stereocenters. The lowest BCUT2D eigenvalue weighted by Crippen LogP contribution is -2.59. The van der Waals surface area contributed by atoms with Crippen LogP contribution in [0.1, 0.15) is 73.6 Å². The van der Waals surface area contributed by atoms with Gasteiger partial charge in [0.05, 0.1) is 0 Å². The lowest BCUT2D eigenvalue weighted by molar-refractivity contribution is 0.0549. The van der Waals surface area contributed by atoms with Gasteiger partial charge in [-0.1, -0.05) is 34.1 Å². The average Bonchev–Trinajstić information content (AvgIpc) is 2.34. The van der Waals surface area contributed by atoms with Gasteiger partial charge in [0.15, 0.2) is 0 Å². The molecule has 0 radical (unpaired) electrons. The number of nitrogens with one attached hydrogen (secondary N) is 1. The third kappa shape index (κ3) is 5.43. The molecule has 2 heteroatoms. The first-order valence-electron chi connectivity index (χ1n) is 8.26. The average molecular weight is 268 g/mol. The van der Waals surface area contributed by atoms with Crippen LogP contribution < -0.4 is 5.32 Å². The van der Waals surface area contributed by atoms with E-state index in [0.29, 0.717) is 11.5 Å². The Morgan fingerprint density at radius 1 is 1.00 bits per heavy atom. The molecule has 19 heavy (non-hydrogen) atoms. The summed E-state index contributed by atoms with van der Waals surface area (Å²) in [6.07, 6.45) is 6.74. The highest BCUT2D eigenvalue weighted by Crippen LogP contribution is 2.29. The van der Waals surface area contributed by atoms with Gasteiger partial charge in [-0.15, -0.1) is 0 Å². The maximum Gasteiger partial charge on any atom is 0.0306 e. The molecule has 0 spiro atoms. The van der Waals surface area contributed by atoms with Crippen LogP contribution >= 0.6 is 0 Å². The lowest BCUT2D eigenvalue weighted by atomic mass is 9.82. The first kappa shape index (κ1) is 17.0. The molecule has 1 rings (SSSR count). The van der Waals surface area contributed by atoms with E-state index < -0.39 is 0 Å². The first-order valence-corrected chi connectivity index (χ1v) is 8.26. The maximum atomic E-state index is 3.75. The van der Waals surface area contributed by atoms with Crippen molar-refractivity contribution in [2.45, 2.75) is 85.2 Å². The summed E-state index contributed by atoms with van der Waals surface area (Å²) in [5, 5.41) is 3.75. The van der Waals surface area contributed by atoms with Crippen molar-refractivity contribution in [1.29, 1.82) is 0 Å². The van der Waals surface area contributed by atoms with Crippen molar-refractivity contribution in [2.24, 2.45) is 5.41 Å². The predicted molar refractivity (Wildman–Crippen MR) is 85.7 cm³/mol. The van der Waals surface area contributed by atoms with Crippen molar-refractivity contribution >= 4 is 0 Å². The minimum atomic E-state index is 0.279. The Balaban J connectivity index is 2.65. The molecular formula is C17H36N2. The summed E-state index contributed by atoms with van der Waals surface area (Å²) >= 11 is 0. The van der Waals surface area contributed by atoms with E-state index in [1.165, 1.54) is 45.2 Å². The van der Waals surface area contributed by atoms with Crippen LogP contribution in [0.5, 0.6) is 0 Å². The molecule has 1 heterocycles. The van der Waals surface area contributed by atoms with Crippen molar-refractivity contribution < 1.29 is 0 Å². The Morgan fingerprint density at radius 2 is 1.58 bits per heavy atom. The van der Waals surface area contributed by atoms with Gasteiger partial charge in [-0.25, -0.2) is 0 Å². The molecule has 1 unspecified atom stereocenters. The third-order valence-electron chi connectivity index (χ3n) is 4.66. The van der Waals surface area contributed by atoms with Gasteiger partial charge >= 0.3 is 0 Å². The molecule has 0 aromatic heterocycles. The zero-order valence-corrected chi connectivity index (χ0v) is 14.2. The van der Waals surface area contributed by atoms with E-state index in [4.69, 9.17) is 0 Å². The number of hydrogen-bond acceptors (Lipinski definition) is 2. The Kier molecular flexibility index (Phi) is 6.32. The summed E-state index contributed by atoms with van der Waals surface area (Å²) in [5.74, 6) is 0. The Bertz CT molecular complexity index is 246. The summed E-state index contributed by atoms with van der Waals surface area (Å²) in [7, 11) is 0. The summed E-state index contributed by atoms with van der Waals surface area (Å²) in [4.78, 5) is 2.71. The first-order chi connectivity index (χ1) is 8.77. The fourth-order valence-electron chi connectivity index (χ4n) is 3.22. The molecule has 1 aliphatic rings. The van der Waals surface area contributed by atoms with Gasteiger partial charge in [-0.2, -0.15) is 0 Å². The Hall–Kier alpha value is -0.0800. The summed E-state index contributed by atoms with van der Waals surface area (Å²) in [6.45, 7) is 17.8. The summed E-state index contributed by atoms with van der Waals surface area (Å²) < 4.78 is 0. The summed E-state index contributed by atoms with van der Waals surface area (Å²) in [5.41, 5.74) is 0.716. The number of likely N-dealkylation sites (N-methyl/N-ethyl adjacent to an activating group) is 1. The van der Waals surface area contributed by atoms with Crippen LogP contribution in [0.25, 0.3) is 0 Å². The number of piperidine rings is 1. The Labute approximate surface area is 121 Å². The number of hydrogen-bond donors (Lipinski definition) is 1. The second-order valence-corrected chi connectivity index (χ2v) is 7.91. The second-order valence-electron chi connectivity index (χ2n) is 7.91. The standard InChI is InChI=1S/C17H36N2/c1-7-18-15(11-12-16(2,3)4)17(5,6)19-13-9-8-10-14-19/h15,18H,7-14H2,1-6H3. The van der Waals surface area contributed by atoms with Crippen molar-refractivity contribution in [1.82, 2.24) is 10.2 Å². The monoisotopic (exact) mass is 268 g/mol. The van der Waals surface area contributed by atoms with E-state index in [-0.39, 0.29) is 5.54 Å². The van der Waals surface area contributed by atoms with Gasteiger partial charge in [0.2, 0.25) is 0 Å². The SMILES string of the molecule is CCNC(CCC(C)(C)C)C(C)(C)N1CCCCC1. The van der Waals surface area contributed by atoms with Crippen LogP contribution in [-0.2, 0) is 0 Å². The van der Waals surface area contributed by atoms with Crippen LogP contribution in [0, 0.1) is 5.41 Å². The van der Waals surface area contributed by atoms with Crippen molar-refractivity contribution in [3.8, 4) is 0 Å². The van der Waals surface area contributed by atoms with E-state index in [2.05, 4.69) is 51.8 Å². The van der Waals surface area contributed by atoms with E-state index >= 15 is 0 Å². The van der Waals surface area contributed by atoms with Crippen LogP contribution in [0.15, 0.2) is 0 Å². The zero-order chi connectivity index (χ0) is 14.5. The van der Waals surface area contributed by atoms with Gasteiger partial charge < -0.3 is 5.32 Å². The fourth-order valence-corrected chi connectivity index (χ4v) is 3.22. The molecule has 0 aromatic rings. The normalized spacial score (nSPS) is 20.5. The lowest BCUT2D eigenvalue weighted by Gasteiger charge is -2.47. The largest absolute Gasteiger partial charge is 0.312 e. The number of rotatable bonds is 6. The highest BCUT2D eigenvalue weighted by molar-refractivity contribution is 4.95. The van der Waals surface area contributed by atoms with Crippen molar-refractivity contribution in [3.63, 3.8) is 0 Å². The minimum absolute atomic E-state index is 0.279. The van der Waals surface area contributed by atoms with Gasteiger partial charge in [0, 0.05) is 11.6 Å². The van der Waals surface area contributed by atoms with Crippen LogP contribution in [-0.4, -0.2) is 36.1 Å². The molecule has 0 bridgehead atoms. The van der Waals surface area contributed by atoms with Gasteiger partial charge in [-0.3, -0.25) is 4.90 Å². The number of nitrogens with zero attached hydrogens (tertiary/aromatic N) is 1. The van der Waals surface area contributed by atoms with Gasteiger partial charge in [0.1, 0.15) is 0 Å². The molecule has 1 N–H and O–H groups in total. The van der Waals surface area contributed by atoms with Crippen LogP contribution in [0.3, 0.4) is 0 Å². The molecule has 1 aliphatic heterocycles. The Morgan fingerprint density at radius 3 is 2.05 bits per heavy atom. The van der Waals surface area contributed by atoms with Crippen LogP contribution in [0.4, 0.5) is 0 Å². The minimum Gasteiger partial charge on any atom is -0.312 e. The van der Waals surface area contributed by atoms with E-state index in [9.17, 15) is 0 Å². The highest BCUT2D eigenvalue weighted by atomic mass is 15.2. The molecule has 2 nitrogen and oxygen atoms in total. The number of likely N-dealkylation sites (tertiary alicyclic amines) is 1. The second kappa shape index (κ2) is 7.08. The molecule has 0 amide bonds. The van der Waals surface area contributed by atoms with Gasteiger partial charge in [0.25, 0.3) is 0 Å². The molecule has 1 saturated heterocycles. The highest BCUT2D eigenvalue weighted by Gasteiger charge is 2.35. The molecule has 0 aromatic carbocycles. The van der Waals surface area contributed by atoms with Crippen molar-refractivity contribution in [3.05, 3.63) is 0 Å². The summed E-state index contributed by atoms with van der Waals surface area (Å²) in [6, 6.07) is 0.606. The van der Waals surface area contributed by atoms with Crippen LogP contribution in [0.2, 0.25) is 0 Å². The topological polar surface area (TPSA) is 15.3 Å². The molecule has 1 fully saturated rings. The van der Waals surface area contributed by atoms with E-state index in [1.54, 1.807) is 0 Å². The fraction of sp³-hybridized carbons (Fsp3) is 1.00. The van der Waals surface area contributed by atoms with E-state index in [0.717, 1.165) is 6.54 Å². The molecule has 114 valence electrons. The maximum absolute atomic E-state index is 3.75.